The number of aryl methyl sites for hydroxylation is 1. The SMILES string of the molecule is Cc1nc(N)ccc1Cc1c[nH]c2ncccc12. The number of hydrogen-bond acceptors (Lipinski definition) is 3. The number of anilines is 1. The van der Waals surface area contributed by atoms with Gasteiger partial charge in [-0.25, -0.2) is 9.97 Å². The maximum absolute atomic E-state index is 5.66. The Bertz CT molecular complexity index is 700. The average molecular weight is 238 g/mol. The molecule has 0 aliphatic heterocycles. The highest BCUT2D eigenvalue weighted by Crippen LogP contribution is 2.20. The molecule has 0 aliphatic rings. The van der Waals surface area contributed by atoms with E-state index in [1.165, 1.54) is 11.1 Å². The van der Waals surface area contributed by atoms with E-state index in [4.69, 9.17) is 5.73 Å². The lowest BCUT2D eigenvalue weighted by Crippen LogP contribution is -1.97. The van der Waals surface area contributed by atoms with E-state index in [1.807, 2.05) is 31.3 Å². The zero-order valence-electron chi connectivity index (χ0n) is 10.1. The molecule has 4 nitrogen and oxygen atoms in total. The standard InChI is InChI=1S/C14H14N4/c1-9-10(4-5-13(15)18-9)7-11-8-17-14-12(11)3-2-6-16-14/h2-6,8H,7H2,1H3,(H2,15,18)(H,16,17). The molecular formula is C14H14N4. The van der Waals surface area contributed by atoms with Crippen molar-refractivity contribution in [2.45, 2.75) is 13.3 Å². The lowest BCUT2D eigenvalue weighted by atomic mass is 10.0. The lowest BCUT2D eigenvalue weighted by Gasteiger charge is -2.05. The normalized spacial score (nSPS) is 10.9. The van der Waals surface area contributed by atoms with Crippen LogP contribution in [0.3, 0.4) is 0 Å². The highest BCUT2D eigenvalue weighted by molar-refractivity contribution is 5.79. The summed E-state index contributed by atoms with van der Waals surface area (Å²) in [6.07, 6.45) is 4.64. The molecule has 0 aliphatic carbocycles. The Morgan fingerprint density at radius 2 is 2.11 bits per heavy atom. The van der Waals surface area contributed by atoms with Crippen LogP contribution in [-0.2, 0) is 6.42 Å². The van der Waals surface area contributed by atoms with Crippen molar-refractivity contribution in [1.82, 2.24) is 15.0 Å². The number of nitrogen functional groups attached to an aromatic ring is 1. The highest BCUT2D eigenvalue weighted by Gasteiger charge is 2.07. The van der Waals surface area contributed by atoms with Crippen LogP contribution in [0.2, 0.25) is 0 Å². The first-order valence-corrected chi connectivity index (χ1v) is 5.87. The minimum atomic E-state index is 0.567. The third-order valence-electron chi connectivity index (χ3n) is 3.13. The Labute approximate surface area is 105 Å². The number of aromatic nitrogens is 3. The van der Waals surface area contributed by atoms with Gasteiger partial charge in [-0.15, -0.1) is 0 Å². The van der Waals surface area contributed by atoms with Gasteiger partial charge in [0, 0.05) is 29.9 Å². The van der Waals surface area contributed by atoms with Crippen LogP contribution in [-0.4, -0.2) is 15.0 Å². The van der Waals surface area contributed by atoms with E-state index in [2.05, 4.69) is 21.0 Å². The third kappa shape index (κ3) is 1.82. The molecule has 3 N–H and O–H groups in total. The van der Waals surface area contributed by atoms with Crippen LogP contribution in [0, 0.1) is 6.92 Å². The number of rotatable bonds is 2. The molecule has 3 aromatic rings. The van der Waals surface area contributed by atoms with Crippen molar-refractivity contribution in [3.8, 4) is 0 Å². The number of aromatic amines is 1. The first kappa shape index (κ1) is 10.8. The van der Waals surface area contributed by atoms with E-state index in [0.29, 0.717) is 5.82 Å². The van der Waals surface area contributed by atoms with Gasteiger partial charge in [0.2, 0.25) is 0 Å². The van der Waals surface area contributed by atoms with Gasteiger partial charge in [0.25, 0.3) is 0 Å². The number of pyridine rings is 2. The van der Waals surface area contributed by atoms with Gasteiger partial charge in [-0.3, -0.25) is 0 Å². The second-order valence-corrected chi connectivity index (χ2v) is 4.37. The van der Waals surface area contributed by atoms with Crippen molar-refractivity contribution in [3.05, 3.63) is 53.5 Å². The number of nitrogens with two attached hydrogens (primary N) is 1. The Morgan fingerprint density at radius 3 is 2.94 bits per heavy atom. The van der Waals surface area contributed by atoms with Gasteiger partial charge in [0.1, 0.15) is 11.5 Å². The van der Waals surface area contributed by atoms with Crippen LogP contribution < -0.4 is 5.73 Å². The van der Waals surface area contributed by atoms with Gasteiger partial charge in [0.15, 0.2) is 0 Å². The van der Waals surface area contributed by atoms with Gasteiger partial charge in [-0.2, -0.15) is 0 Å². The largest absolute Gasteiger partial charge is 0.384 e. The highest BCUT2D eigenvalue weighted by atomic mass is 14.8. The van der Waals surface area contributed by atoms with Gasteiger partial charge in [-0.1, -0.05) is 6.07 Å². The van der Waals surface area contributed by atoms with Crippen molar-refractivity contribution in [1.29, 1.82) is 0 Å². The Hall–Kier alpha value is -2.36. The van der Waals surface area contributed by atoms with Crippen molar-refractivity contribution in [2.24, 2.45) is 0 Å². The topological polar surface area (TPSA) is 67.6 Å². The Balaban J connectivity index is 2.01. The van der Waals surface area contributed by atoms with E-state index in [9.17, 15) is 0 Å². The number of H-pyrrole nitrogens is 1. The smallest absolute Gasteiger partial charge is 0.137 e. The molecule has 0 atom stereocenters. The molecule has 18 heavy (non-hydrogen) atoms. The molecule has 0 radical (unpaired) electrons. The summed E-state index contributed by atoms with van der Waals surface area (Å²) in [7, 11) is 0. The second-order valence-electron chi connectivity index (χ2n) is 4.37. The molecule has 0 spiro atoms. The average Bonchev–Trinajstić information content (AvgIpc) is 2.76. The Morgan fingerprint density at radius 1 is 1.22 bits per heavy atom. The predicted molar refractivity (Wildman–Crippen MR) is 72.3 cm³/mol. The summed E-state index contributed by atoms with van der Waals surface area (Å²) in [6.45, 7) is 1.98. The Kier molecular flexibility index (Phi) is 2.48. The molecule has 0 unspecified atom stereocenters. The van der Waals surface area contributed by atoms with E-state index in [0.717, 1.165) is 23.1 Å². The fourth-order valence-corrected chi connectivity index (χ4v) is 2.16. The molecule has 0 saturated carbocycles. The summed E-state index contributed by atoms with van der Waals surface area (Å²) in [4.78, 5) is 11.8. The number of hydrogen-bond donors (Lipinski definition) is 2. The van der Waals surface area contributed by atoms with Gasteiger partial charge in [-0.05, 0) is 36.2 Å². The number of nitrogens with zero attached hydrogens (tertiary/aromatic N) is 2. The third-order valence-corrected chi connectivity index (χ3v) is 3.13. The monoisotopic (exact) mass is 238 g/mol. The first-order valence-electron chi connectivity index (χ1n) is 5.87. The quantitative estimate of drug-likeness (QED) is 0.720. The lowest BCUT2D eigenvalue weighted by molar-refractivity contribution is 1.09. The van der Waals surface area contributed by atoms with Crippen molar-refractivity contribution >= 4 is 16.9 Å². The fourth-order valence-electron chi connectivity index (χ4n) is 2.16. The minimum absolute atomic E-state index is 0.567. The van der Waals surface area contributed by atoms with E-state index >= 15 is 0 Å². The van der Waals surface area contributed by atoms with Crippen LogP contribution >= 0.6 is 0 Å². The first-order chi connectivity index (χ1) is 8.74. The molecule has 0 amide bonds. The number of fused-ring (bicyclic) bond motifs is 1. The zero-order valence-corrected chi connectivity index (χ0v) is 10.1. The van der Waals surface area contributed by atoms with Crippen molar-refractivity contribution in [2.75, 3.05) is 5.73 Å². The summed E-state index contributed by atoms with van der Waals surface area (Å²) in [6, 6.07) is 7.91. The fraction of sp³-hybridized carbons (Fsp3) is 0.143. The summed E-state index contributed by atoms with van der Waals surface area (Å²) in [5, 5.41) is 1.16. The molecule has 4 heteroatoms. The van der Waals surface area contributed by atoms with Crippen LogP contribution in [0.1, 0.15) is 16.8 Å². The molecule has 90 valence electrons. The summed E-state index contributed by atoms with van der Waals surface area (Å²) < 4.78 is 0. The van der Waals surface area contributed by atoms with E-state index in [1.54, 1.807) is 6.20 Å². The predicted octanol–water partition coefficient (Wildman–Crippen LogP) is 2.44. The van der Waals surface area contributed by atoms with E-state index in [-0.39, 0.29) is 0 Å². The van der Waals surface area contributed by atoms with Crippen LogP contribution in [0.25, 0.3) is 11.0 Å². The van der Waals surface area contributed by atoms with Gasteiger partial charge < -0.3 is 10.7 Å². The summed E-state index contributed by atoms with van der Waals surface area (Å²) in [5.74, 6) is 0.567. The zero-order chi connectivity index (χ0) is 12.5. The molecule has 3 rings (SSSR count). The van der Waals surface area contributed by atoms with Crippen LogP contribution in [0.5, 0.6) is 0 Å². The van der Waals surface area contributed by atoms with E-state index < -0.39 is 0 Å². The second kappa shape index (κ2) is 4.14. The molecule has 0 fully saturated rings. The van der Waals surface area contributed by atoms with Gasteiger partial charge in [0.05, 0.1) is 0 Å². The molecule has 3 heterocycles. The molecule has 0 aromatic carbocycles. The van der Waals surface area contributed by atoms with Gasteiger partial charge >= 0.3 is 0 Å². The van der Waals surface area contributed by atoms with Crippen molar-refractivity contribution in [3.63, 3.8) is 0 Å². The maximum Gasteiger partial charge on any atom is 0.137 e. The summed E-state index contributed by atoms with van der Waals surface area (Å²) in [5.41, 5.74) is 9.99. The molecule has 3 aromatic heterocycles. The van der Waals surface area contributed by atoms with Crippen LogP contribution in [0.15, 0.2) is 36.7 Å². The van der Waals surface area contributed by atoms with Crippen molar-refractivity contribution < 1.29 is 0 Å². The molecule has 0 saturated heterocycles. The maximum atomic E-state index is 5.66. The summed E-state index contributed by atoms with van der Waals surface area (Å²) >= 11 is 0. The molecular weight excluding hydrogens is 224 g/mol. The minimum Gasteiger partial charge on any atom is -0.384 e. The number of nitrogens with one attached hydrogen (secondary N) is 1. The van der Waals surface area contributed by atoms with Crippen LogP contribution in [0.4, 0.5) is 5.82 Å². The molecule has 0 bridgehead atoms.